The minimum atomic E-state index is -0.434. The predicted octanol–water partition coefficient (Wildman–Crippen LogP) is 3.68. The van der Waals surface area contributed by atoms with Gasteiger partial charge in [0, 0.05) is 33.2 Å². The molecule has 0 atom stereocenters. The Balaban J connectivity index is 0.00000338. The average Bonchev–Trinajstić information content (AvgIpc) is 3.07. The van der Waals surface area contributed by atoms with Gasteiger partial charge >= 0.3 is 6.09 Å². The molecule has 2 rings (SSSR count). The Hall–Kier alpha value is -1.03. The van der Waals surface area contributed by atoms with E-state index in [0.29, 0.717) is 5.92 Å². The molecule has 1 aliphatic heterocycles. The Morgan fingerprint density at radius 2 is 2.04 bits per heavy atom. The lowest BCUT2D eigenvalue weighted by Crippen LogP contribution is -2.45. The number of carbonyl (C=O) groups excluding carboxylic acids is 1. The molecule has 2 N–H and O–H groups in total. The van der Waals surface area contributed by atoms with Crippen LogP contribution in [0.5, 0.6) is 0 Å². The first-order valence-corrected chi connectivity index (χ1v) is 9.75. The van der Waals surface area contributed by atoms with Gasteiger partial charge in [0.2, 0.25) is 0 Å². The van der Waals surface area contributed by atoms with E-state index in [4.69, 9.17) is 4.74 Å². The molecule has 0 radical (unpaired) electrons. The van der Waals surface area contributed by atoms with Gasteiger partial charge in [-0.3, -0.25) is 4.99 Å². The van der Waals surface area contributed by atoms with Gasteiger partial charge in [-0.2, -0.15) is 11.3 Å². The number of aliphatic imine (C=N–C) groups is 1. The maximum absolute atomic E-state index is 12.1. The van der Waals surface area contributed by atoms with Crippen molar-refractivity contribution in [3.63, 3.8) is 0 Å². The molecule has 0 unspecified atom stereocenters. The first-order valence-electron chi connectivity index (χ1n) is 8.81. The van der Waals surface area contributed by atoms with Crippen LogP contribution < -0.4 is 10.6 Å². The van der Waals surface area contributed by atoms with Gasteiger partial charge in [-0.25, -0.2) is 4.79 Å². The fourth-order valence-corrected chi connectivity index (χ4v) is 3.36. The van der Waals surface area contributed by atoms with Gasteiger partial charge < -0.3 is 20.3 Å². The summed E-state index contributed by atoms with van der Waals surface area (Å²) < 4.78 is 5.44. The van der Waals surface area contributed by atoms with Crippen LogP contribution in [0, 0.1) is 5.92 Å². The van der Waals surface area contributed by atoms with Crippen molar-refractivity contribution in [1.29, 1.82) is 0 Å². The summed E-state index contributed by atoms with van der Waals surface area (Å²) in [5, 5.41) is 10.9. The monoisotopic (exact) mass is 494 g/mol. The van der Waals surface area contributed by atoms with Crippen LogP contribution >= 0.6 is 35.3 Å². The van der Waals surface area contributed by atoms with Crippen LogP contribution in [0.4, 0.5) is 4.79 Å². The van der Waals surface area contributed by atoms with E-state index >= 15 is 0 Å². The summed E-state index contributed by atoms with van der Waals surface area (Å²) in [6, 6.07) is 2.11. The summed E-state index contributed by atoms with van der Waals surface area (Å²) in [7, 11) is 1.79. The lowest BCUT2D eigenvalue weighted by molar-refractivity contribution is 0.0185. The molecule has 8 heteroatoms. The summed E-state index contributed by atoms with van der Waals surface area (Å²) in [5.41, 5.74) is 0.828. The second kappa shape index (κ2) is 11.0. The smallest absolute Gasteiger partial charge is 0.410 e. The first kappa shape index (κ1) is 23.0. The number of likely N-dealkylation sites (tertiary alicyclic amines) is 1. The number of nitrogens with zero attached hydrogens (tertiary/aromatic N) is 2. The zero-order valence-electron chi connectivity index (χ0n) is 16.1. The minimum Gasteiger partial charge on any atom is -0.444 e. The number of guanidine groups is 1. The maximum atomic E-state index is 12.1. The third-order valence-corrected chi connectivity index (χ3v) is 4.82. The van der Waals surface area contributed by atoms with Crippen molar-refractivity contribution in [3.05, 3.63) is 22.4 Å². The fourth-order valence-electron chi connectivity index (χ4n) is 2.69. The van der Waals surface area contributed by atoms with Crippen LogP contribution in [0.1, 0.15) is 39.2 Å². The van der Waals surface area contributed by atoms with Gasteiger partial charge in [-0.05, 0) is 61.9 Å². The lowest BCUT2D eigenvalue weighted by Gasteiger charge is -2.33. The Bertz CT molecular complexity index is 564. The summed E-state index contributed by atoms with van der Waals surface area (Å²) in [6.45, 7) is 8.85. The third-order valence-electron chi connectivity index (χ3n) is 4.09. The van der Waals surface area contributed by atoms with E-state index in [2.05, 4.69) is 32.5 Å². The normalized spacial score (nSPS) is 16.0. The van der Waals surface area contributed by atoms with E-state index < -0.39 is 5.60 Å². The second-order valence-corrected chi connectivity index (χ2v) is 8.13. The van der Waals surface area contributed by atoms with Crippen LogP contribution in [0.2, 0.25) is 0 Å². The number of nitrogens with one attached hydrogen (secondary N) is 2. The van der Waals surface area contributed by atoms with E-state index in [1.807, 2.05) is 25.7 Å². The van der Waals surface area contributed by atoms with E-state index in [1.165, 1.54) is 5.56 Å². The number of amides is 1. The molecule has 2 heterocycles. The van der Waals surface area contributed by atoms with Crippen molar-refractivity contribution in [2.75, 3.05) is 26.7 Å². The first-order chi connectivity index (χ1) is 11.9. The number of hydrogen-bond acceptors (Lipinski definition) is 4. The quantitative estimate of drug-likeness (QED) is 0.381. The Kier molecular flexibility index (Phi) is 9.70. The van der Waals surface area contributed by atoms with Crippen molar-refractivity contribution in [2.45, 2.75) is 45.8 Å². The molecule has 1 aliphatic rings. The fraction of sp³-hybridized carbons (Fsp3) is 0.667. The highest BCUT2D eigenvalue weighted by atomic mass is 127. The van der Waals surface area contributed by atoms with Crippen LogP contribution in [-0.2, 0) is 11.3 Å². The topological polar surface area (TPSA) is 66.0 Å². The van der Waals surface area contributed by atoms with Crippen molar-refractivity contribution in [2.24, 2.45) is 10.9 Å². The highest BCUT2D eigenvalue weighted by Gasteiger charge is 2.26. The molecule has 148 valence electrons. The molecule has 0 saturated carbocycles. The zero-order chi connectivity index (χ0) is 18.3. The number of rotatable bonds is 4. The lowest BCUT2D eigenvalue weighted by atomic mass is 9.97. The van der Waals surface area contributed by atoms with Crippen LogP contribution in [0.15, 0.2) is 21.8 Å². The maximum Gasteiger partial charge on any atom is 0.410 e. The van der Waals surface area contributed by atoms with E-state index in [1.54, 1.807) is 18.4 Å². The van der Waals surface area contributed by atoms with Gasteiger partial charge in [0.15, 0.2) is 5.96 Å². The number of halogens is 1. The predicted molar refractivity (Wildman–Crippen MR) is 118 cm³/mol. The van der Waals surface area contributed by atoms with Crippen molar-refractivity contribution >= 4 is 47.4 Å². The van der Waals surface area contributed by atoms with Gasteiger partial charge in [0.05, 0.1) is 0 Å². The molecule has 0 bridgehead atoms. The SMILES string of the molecule is CN=C(NCc1ccsc1)NCC1CCN(C(=O)OC(C)(C)C)CC1.I. The van der Waals surface area contributed by atoms with Crippen LogP contribution in [0.25, 0.3) is 0 Å². The third kappa shape index (κ3) is 8.11. The molecular weight excluding hydrogens is 463 g/mol. The number of carbonyl (C=O) groups is 1. The van der Waals surface area contributed by atoms with Crippen molar-refractivity contribution < 1.29 is 9.53 Å². The van der Waals surface area contributed by atoms with E-state index in [9.17, 15) is 4.79 Å². The summed E-state index contributed by atoms with van der Waals surface area (Å²) in [5.74, 6) is 1.36. The van der Waals surface area contributed by atoms with Gasteiger partial charge in [0.25, 0.3) is 0 Å². The Morgan fingerprint density at radius 1 is 1.35 bits per heavy atom. The molecule has 1 amide bonds. The number of hydrogen-bond donors (Lipinski definition) is 2. The number of thiophene rings is 1. The summed E-state index contributed by atoms with van der Waals surface area (Å²) in [4.78, 5) is 18.2. The molecule has 26 heavy (non-hydrogen) atoms. The van der Waals surface area contributed by atoms with Crippen molar-refractivity contribution in [1.82, 2.24) is 15.5 Å². The van der Waals surface area contributed by atoms with Crippen molar-refractivity contribution in [3.8, 4) is 0 Å². The highest BCUT2D eigenvalue weighted by Crippen LogP contribution is 2.19. The van der Waals surface area contributed by atoms with Gasteiger partial charge in [0.1, 0.15) is 5.60 Å². The molecule has 0 aromatic carbocycles. The number of ether oxygens (including phenoxy) is 1. The molecule has 1 saturated heterocycles. The standard InChI is InChI=1S/C18H30N4O2S.HI/c1-18(2,3)24-17(23)22-8-5-14(6-9-22)11-20-16(19-4)21-12-15-7-10-25-13-15;/h7,10,13-14H,5-6,8-9,11-12H2,1-4H3,(H2,19,20,21);1H. The largest absolute Gasteiger partial charge is 0.444 e. The molecular formula is C18H31IN4O2S. The zero-order valence-corrected chi connectivity index (χ0v) is 19.2. The molecule has 0 aliphatic carbocycles. The molecule has 0 spiro atoms. The molecule has 1 aromatic rings. The Labute approximate surface area is 177 Å². The van der Waals surface area contributed by atoms with Gasteiger partial charge in [-0.15, -0.1) is 24.0 Å². The Morgan fingerprint density at radius 3 is 2.58 bits per heavy atom. The molecule has 1 aromatic heterocycles. The molecule has 6 nitrogen and oxygen atoms in total. The van der Waals surface area contributed by atoms with Crippen LogP contribution in [0.3, 0.4) is 0 Å². The van der Waals surface area contributed by atoms with Crippen LogP contribution in [-0.4, -0.2) is 49.2 Å². The van der Waals surface area contributed by atoms with Gasteiger partial charge in [-0.1, -0.05) is 0 Å². The second-order valence-electron chi connectivity index (χ2n) is 7.35. The molecule has 1 fully saturated rings. The summed E-state index contributed by atoms with van der Waals surface area (Å²) in [6.07, 6.45) is 1.76. The highest BCUT2D eigenvalue weighted by molar-refractivity contribution is 14.0. The van der Waals surface area contributed by atoms with E-state index in [0.717, 1.165) is 45.0 Å². The average molecular weight is 494 g/mol. The summed E-state index contributed by atoms with van der Waals surface area (Å²) >= 11 is 1.70. The van der Waals surface area contributed by atoms with E-state index in [-0.39, 0.29) is 30.1 Å². The number of piperidine rings is 1. The minimum absolute atomic E-state index is 0.